The van der Waals surface area contributed by atoms with Gasteiger partial charge in [0.05, 0.1) is 7.11 Å². The van der Waals surface area contributed by atoms with Gasteiger partial charge in [-0.25, -0.2) is 0 Å². The zero-order valence-electron chi connectivity index (χ0n) is 11.4. The number of hydrogen-bond acceptors (Lipinski definition) is 3. The van der Waals surface area contributed by atoms with Gasteiger partial charge in [-0.3, -0.25) is 4.79 Å². The molecule has 4 nitrogen and oxygen atoms in total. The number of piperazine rings is 1. The number of rotatable bonds is 3. The van der Waals surface area contributed by atoms with Crippen LogP contribution < -0.4 is 10.1 Å². The standard InChI is InChI=1S/C15H20N2O2/c1-12-11-16-9-10-17(12)15(18)8-5-13-3-6-14(19-2)7-4-13/h3-8,12,16H,9-11H2,1-2H3. The normalized spacial score (nSPS) is 19.7. The molecule has 1 N–H and O–H groups in total. The molecular formula is C15H20N2O2. The topological polar surface area (TPSA) is 41.6 Å². The molecule has 2 rings (SSSR count). The van der Waals surface area contributed by atoms with Gasteiger partial charge in [-0.2, -0.15) is 0 Å². The van der Waals surface area contributed by atoms with E-state index in [9.17, 15) is 4.79 Å². The van der Waals surface area contributed by atoms with Gasteiger partial charge in [0.25, 0.3) is 0 Å². The molecule has 1 saturated heterocycles. The van der Waals surface area contributed by atoms with Crippen LogP contribution in [-0.4, -0.2) is 43.6 Å². The summed E-state index contributed by atoms with van der Waals surface area (Å²) < 4.78 is 5.10. The van der Waals surface area contributed by atoms with Crippen LogP contribution in [0.5, 0.6) is 5.75 Å². The number of nitrogens with zero attached hydrogens (tertiary/aromatic N) is 1. The van der Waals surface area contributed by atoms with E-state index in [1.165, 1.54) is 0 Å². The van der Waals surface area contributed by atoms with Gasteiger partial charge >= 0.3 is 0 Å². The number of carbonyl (C=O) groups excluding carboxylic acids is 1. The lowest BCUT2D eigenvalue weighted by Crippen LogP contribution is -2.51. The molecule has 1 unspecified atom stereocenters. The van der Waals surface area contributed by atoms with Gasteiger partial charge in [0.2, 0.25) is 5.91 Å². The molecule has 1 heterocycles. The fourth-order valence-corrected chi connectivity index (χ4v) is 2.15. The maximum absolute atomic E-state index is 12.1. The molecule has 102 valence electrons. The lowest BCUT2D eigenvalue weighted by Gasteiger charge is -2.33. The molecule has 0 bridgehead atoms. The van der Waals surface area contributed by atoms with Crippen LogP contribution in [-0.2, 0) is 4.79 Å². The van der Waals surface area contributed by atoms with Crippen molar-refractivity contribution in [3.05, 3.63) is 35.9 Å². The highest BCUT2D eigenvalue weighted by molar-refractivity contribution is 5.92. The summed E-state index contributed by atoms with van der Waals surface area (Å²) in [5.74, 6) is 0.893. The van der Waals surface area contributed by atoms with Crippen molar-refractivity contribution in [2.24, 2.45) is 0 Å². The lowest BCUT2D eigenvalue weighted by atomic mass is 10.2. The fourth-order valence-electron chi connectivity index (χ4n) is 2.15. The Kier molecular flexibility index (Phi) is 4.58. The molecule has 1 aliphatic heterocycles. The zero-order chi connectivity index (χ0) is 13.7. The SMILES string of the molecule is COc1ccc(C=CC(=O)N2CCNCC2C)cc1. The molecule has 1 aromatic carbocycles. The van der Waals surface area contributed by atoms with Gasteiger partial charge in [0.1, 0.15) is 5.75 Å². The monoisotopic (exact) mass is 260 g/mol. The summed E-state index contributed by atoms with van der Waals surface area (Å²) in [6.07, 6.45) is 3.49. The third kappa shape index (κ3) is 3.58. The molecule has 0 spiro atoms. The van der Waals surface area contributed by atoms with Crippen LogP contribution in [0.2, 0.25) is 0 Å². The molecule has 1 amide bonds. The fraction of sp³-hybridized carbons (Fsp3) is 0.400. The van der Waals surface area contributed by atoms with E-state index >= 15 is 0 Å². The van der Waals surface area contributed by atoms with E-state index in [0.29, 0.717) is 0 Å². The molecule has 19 heavy (non-hydrogen) atoms. The summed E-state index contributed by atoms with van der Waals surface area (Å²) in [4.78, 5) is 14.0. The van der Waals surface area contributed by atoms with Crippen molar-refractivity contribution < 1.29 is 9.53 Å². The Morgan fingerprint density at radius 2 is 2.16 bits per heavy atom. The molecule has 0 radical (unpaired) electrons. The van der Waals surface area contributed by atoms with Gasteiger partial charge in [0, 0.05) is 31.8 Å². The van der Waals surface area contributed by atoms with Gasteiger partial charge in [-0.05, 0) is 30.7 Å². The second-order valence-electron chi connectivity index (χ2n) is 4.69. The highest BCUT2D eigenvalue weighted by Gasteiger charge is 2.20. The average Bonchev–Trinajstić information content (AvgIpc) is 2.46. The van der Waals surface area contributed by atoms with Crippen LogP contribution in [0.25, 0.3) is 6.08 Å². The summed E-state index contributed by atoms with van der Waals surface area (Å²) in [5, 5.41) is 3.27. The maximum Gasteiger partial charge on any atom is 0.246 e. The van der Waals surface area contributed by atoms with Gasteiger partial charge in [-0.1, -0.05) is 12.1 Å². The zero-order valence-corrected chi connectivity index (χ0v) is 11.4. The summed E-state index contributed by atoms with van der Waals surface area (Å²) in [7, 11) is 1.64. The largest absolute Gasteiger partial charge is 0.497 e. The Hall–Kier alpha value is -1.81. The van der Waals surface area contributed by atoms with Crippen LogP contribution in [0.4, 0.5) is 0 Å². The second-order valence-corrected chi connectivity index (χ2v) is 4.69. The number of ether oxygens (including phenoxy) is 1. The van der Waals surface area contributed by atoms with Crippen LogP contribution in [0, 0.1) is 0 Å². The number of nitrogens with one attached hydrogen (secondary N) is 1. The van der Waals surface area contributed by atoms with Crippen LogP contribution >= 0.6 is 0 Å². The van der Waals surface area contributed by atoms with Crippen molar-refractivity contribution in [1.29, 1.82) is 0 Å². The number of carbonyl (C=O) groups is 1. The lowest BCUT2D eigenvalue weighted by molar-refractivity contribution is -0.128. The molecule has 1 atom stereocenters. The van der Waals surface area contributed by atoms with Crippen LogP contribution in [0.1, 0.15) is 12.5 Å². The van der Waals surface area contributed by atoms with Crippen molar-refractivity contribution in [2.75, 3.05) is 26.7 Å². The van der Waals surface area contributed by atoms with Gasteiger partial charge < -0.3 is 15.0 Å². The van der Waals surface area contributed by atoms with Crippen molar-refractivity contribution in [3.8, 4) is 5.75 Å². The number of methoxy groups -OCH3 is 1. The van der Waals surface area contributed by atoms with Gasteiger partial charge in [0.15, 0.2) is 0 Å². The van der Waals surface area contributed by atoms with E-state index in [2.05, 4.69) is 12.2 Å². The Bertz CT molecular complexity index is 454. The summed E-state index contributed by atoms with van der Waals surface area (Å²) in [6.45, 7) is 4.56. The van der Waals surface area contributed by atoms with Crippen LogP contribution in [0.15, 0.2) is 30.3 Å². The van der Waals surface area contributed by atoms with E-state index < -0.39 is 0 Å². The van der Waals surface area contributed by atoms with Crippen LogP contribution in [0.3, 0.4) is 0 Å². The first-order chi connectivity index (χ1) is 9.20. The first-order valence-corrected chi connectivity index (χ1v) is 6.54. The van der Waals surface area contributed by atoms with Crippen molar-refractivity contribution in [3.63, 3.8) is 0 Å². The molecule has 1 aromatic rings. The highest BCUT2D eigenvalue weighted by Crippen LogP contribution is 2.12. The van der Waals surface area contributed by atoms with Crippen molar-refractivity contribution in [1.82, 2.24) is 10.2 Å². The molecule has 1 aliphatic rings. The van der Waals surface area contributed by atoms with E-state index in [-0.39, 0.29) is 11.9 Å². The minimum atomic E-state index is 0.0739. The van der Waals surface area contributed by atoms with E-state index in [1.807, 2.05) is 35.2 Å². The molecule has 0 saturated carbocycles. The second kappa shape index (κ2) is 6.38. The molecule has 4 heteroatoms. The maximum atomic E-state index is 12.1. The summed E-state index contributed by atoms with van der Waals surface area (Å²) in [5.41, 5.74) is 0.997. The Morgan fingerprint density at radius 1 is 1.42 bits per heavy atom. The number of benzene rings is 1. The first-order valence-electron chi connectivity index (χ1n) is 6.54. The Balaban J connectivity index is 1.98. The van der Waals surface area contributed by atoms with Gasteiger partial charge in [-0.15, -0.1) is 0 Å². The summed E-state index contributed by atoms with van der Waals surface area (Å²) >= 11 is 0. The predicted octanol–water partition coefficient (Wildman–Crippen LogP) is 1.53. The van der Waals surface area contributed by atoms with E-state index in [1.54, 1.807) is 13.2 Å². The molecule has 0 aliphatic carbocycles. The van der Waals surface area contributed by atoms with Crippen molar-refractivity contribution in [2.45, 2.75) is 13.0 Å². The average molecular weight is 260 g/mol. The predicted molar refractivity (Wildman–Crippen MR) is 76.1 cm³/mol. The van der Waals surface area contributed by atoms with E-state index in [4.69, 9.17) is 4.74 Å². The Morgan fingerprint density at radius 3 is 2.79 bits per heavy atom. The molecule has 0 aromatic heterocycles. The first kappa shape index (κ1) is 13.6. The molecule has 1 fully saturated rings. The minimum Gasteiger partial charge on any atom is -0.497 e. The third-order valence-corrected chi connectivity index (χ3v) is 3.32. The minimum absolute atomic E-state index is 0.0739. The third-order valence-electron chi connectivity index (χ3n) is 3.32. The quantitative estimate of drug-likeness (QED) is 0.838. The molecular weight excluding hydrogens is 240 g/mol. The summed E-state index contributed by atoms with van der Waals surface area (Å²) in [6, 6.07) is 7.89. The highest BCUT2D eigenvalue weighted by atomic mass is 16.5. The van der Waals surface area contributed by atoms with E-state index in [0.717, 1.165) is 30.9 Å². The number of amides is 1. The Labute approximate surface area is 114 Å². The van der Waals surface area contributed by atoms with Crippen molar-refractivity contribution >= 4 is 12.0 Å². The smallest absolute Gasteiger partial charge is 0.246 e. The number of hydrogen-bond donors (Lipinski definition) is 1.